The molecule has 1 rings (SSSR count). The summed E-state index contributed by atoms with van der Waals surface area (Å²) in [5, 5.41) is 19.3. The normalized spacial score (nSPS) is 12.1. The fraction of sp³-hybridized carbons (Fsp3) is 0.250. The van der Waals surface area contributed by atoms with E-state index in [2.05, 4.69) is 0 Å². The van der Waals surface area contributed by atoms with E-state index in [1.54, 1.807) is 0 Å². The SMILES string of the molecule is C/C(=C/COc1ccc(C(F)(F)F)cc1[N+](=O)[O-])C(=O)O. The van der Waals surface area contributed by atoms with Gasteiger partial charge < -0.3 is 9.84 Å². The first kappa shape index (κ1) is 16.5. The highest BCUT2D eigenvalue weighted by Crippen LogP contribution is 2.35. The van der Waals surface area contributed by atoms with E-state index in [9.17, 15) is 28.1 Å². The molecule has 9 heteroatoms. The molecule has 0 amide bonds. The number of benzene rings is 1. The maximum atomic E-state index is 12.5. The number of rotatable bonds is 5. The van der Waals surface area contributed by atoms with Gasteiger partial charge in [-0.3, -0.25) is 10.1 Å². The monoisotopic (exact) mass is 305 g/mol. The van der Waals surface area contributed by atoms with Gasteiger partial charge in [0, 0.05) is 11.6 Å². The largest absolute Gasteiger partial charge is 0.483 e. The van der Waals surface area contributed by atoms with Crippen LogP contribution >= 0.6 is 0 Å². The average molecular weight is 305 g/mol. The molecule has 0 atom stereocenters. The van der Waals surface area contributed by atoms with Crippen LogP contribution in [0.4, 0.5) is 18.9 Å². The van der Waals surface area contributed by atoms with E-state index in [1.807, 2.05) is 0 Å². The van der Waals surface area contributed by atoms with Crippen LogP contribution in [0.15, 0.2) is 29.8 Å². The molecule has 0 aliphatic carbocycles. The first-order valence-electron chi connectivity index (χ1n) is 5.51. The number of carboxylic acids is 1. The van der Waals surface area contributed by atoms with E-state index in [4.69, 9.17) is 9.84 Å². The number of ether oxygens (including phenoxy) is 1. The summed E-state index contributed by atoms with van der Waals surface area (Å²) in [6.07, 6.45) is -3.56. The summed E-state index contributed by atoms with van der Waals surface area (Å²) < 4.78 is 42.4. The van der Waals surface area contributed by atoms with E-state index >= 15 is 0 Å². The quantitative estimate of drug-likeness (QED) is 0.513. The second-order valence-electron chi connectivity index (χ2n) is 3.94. The molecule has 0 saturated heterocycles. The van der Waals surface area contributed by atoms with Crippen molar-refractivity contribution in [3.8, 4) is 5.75 Å². The zero-order valence-electron chi connectivity index (χ0n) is 10.7. The molecule has 0 unspecified atom stereocenters. The molecule has 0 bridgehead atoms. The van der Waals surface area contributed by atoms with E-state index in [0.717, 1.165) is 12.1 Å². The Kier molecular flexibility index (Phi) is 4.90. The summed E-state index contributed by atoms with van der Waals surface area (Å²) >= 11 is 0. The van der Waals surface area contributed by atoms with Crippen LogP contribution in [0.3, 0.4) is 0 Å². The average Bonchev–Trinajstić information content (AvgIpc) is 2.37. The maximum absolute atomic E-state index is 12.5. The zero-order valence-corrected chi connectivity index (χ0v) is 10.7. The predicted molar refractivity (Wildman–Crippen MR) is 65.0 cm³/mol. The third kappa shape index (κ3) is 4.48. The lowest BCUT2D eigenvalue weighted by Gasteiger charge is -2.09. The van der Waals surface area contributed by atoms with Crippen LogP contribution < -0.4 is 4.74 Å². The number of nitro benzene ring substituents is 1. The minimum absolute atomic E-state index is 0.0513. The second kappa shape index (κ2) is 6.25. The number of nitrogens with zero attached hydrogens (tertiary/aromatic N) is 1. The summed E-state index contributed by atoms with van der Waals surface area (Å²) in [5.74, 6) is -1.57. The highest BCUT2D eigenvalue weighted by Gasteiger charge is 2.33. The Hall–Kier alpha value is -2.58. The molecule has 0 fully saturated rings. The molecule has 0 saturated carbocycles. The lowest BCUT2D eigenvalue weighted by atomic mass is 10.2. The Morgan fingerprint density at radius 3 is 2.57 bits per heavy atom. The van der Waals surface area contributed by atoms with Crippen molar-refractivity contribution in [3.05, 3.63) is 45.5 Å². The van der Waals surface area contributed by atoms with Crippen molar-refractivity contribution in [1.82, 2.24) is 0 Å². The van der Waals surface area contributed by atoms with Crippen molar-refractivity contribution in [2.24, 2.45) is 0 Å². The number of halogens is 3. The van der Waals surface area contributed by atoms with Crippen LogP contribution in [-0.4, -0.2) is 22.6 Å². The Morgan fingerprint density at radius 2 is 2.10 bits per heavy atom. The van der Waals surface area contributed by atoms with Gasteiger partial charge in [-0.2, -0.15) is 13.2 Å². The van der Waals surface area contributed by atoms with Gasteiger partial charge in [0.1, 0.15) is 6.61 Å². The molecular formula is C12H10F3NO5. The highest BCUT2D eigenvalue weighted by molar-refractivity contribution is 5.85. The Morgan fingerprint density at radius 1 is 1.48 bits per heavy atom. The molecule has 0 heterocycles. The zero-order chi connectivity index (χ0) is 16.2. The minimum Gasteiger partial charge on any atom is -0.483 e. The van der Waals surface area contributed by atoms with E-state index < -0.39 is 28.3 Å². The van der Waals surface area contributed by atoms with Gasteiger partial charge in [0.15, 0.2) is 5.75 Å². The molecule has 21 heavy (non-hydrogen) atoms. The summed E-state index contributed by atoms with van der Waals surface area (Å²) in [4.78, 5) is 20.3. The van der Waals surface area contributed by atoms with Gasteiger partial charge in [-0.05, 0) is 25.1 Å². The predicted octanol–water partition coefficient (Wildman–Crippen LogP) is 3.02. The first-order chi connectivity index (χ1) is 9.62. The van der Waals surface area contributed by atoms with Crippen molar-refractivity contribution in [2.45, 2.75) is 13.1 Å². The van der Waals surface area contributed by atoms with Crippen molar-refractivity contribution in [2.75, 3.05) is 6.61 Å². The molecular weight excluding hydrogens is 295 g/mol. The van der Waals surface area contributed by atoms with Gasteiger partial charge >= 0.3 is 17.8 Å². The lowest BCUT2D eigenvalue weighted by molar-refractivity contribution is -0.386. The maximum Gasteiger partial charge on any atom is 0.416 e. The Bertz CT molecular complexity index is 595. The van der Waals surface area contributed by atoms with Gasteiger partial charge in [0.25, 0.3) is 0 Å². The summed E-state index contributed by atoms with van der Waals surface area (Å²) in [6.45, 7) is 0.969. The topological polar surface area (TPSA) is 89.7 Å². The number of alkyl halides is 3. The van der Waals surface area contributed by atoms with Crippen molar-refractivity contribution >= 4 is 11.7 Å². The second-order valence-corrected chi connectivity index (χ2v) is 3.94. The number of hydrogen-bond acceptors (Lipinski definition) is 4. The van der Waals surface area contributed by atoms with Gasteiger partial charge in [0.2, 0.25) is 0 Å². The smallest absolute Gasteiger partial charge is 0.416 e. The fourth-order valence-electron chi connectivity index (χ4n) is 1.30. The molecule has 0 radical (unpaired) electrons. The van der Waals surface area contributed by atoms with Crippen LogP contribution in [0.25, 0.3) is 0 Å². The van der Waals surface area contributed by atoms with Gasteiger partial charge in [-0.25, -0.2) is 4.79 Å². The highest BCUT2D eigenvalue weighted by atomic mass is 19.4. The standard InChI is InChI=1S/C12H10F3NO5/c1-7(11(17)18)4-5-21-10-3-2-8(12(13,14)15)6-9(10)16(19)20/h2-4,6H,5H2,1H3,(H,17,18)/b7-4-. The summed E-state index contributed by atoms with van der Waals surface area (Å²) in [5.41, 5.74) is -2.06. The van der Waals surface area contributed by atoms with Crippen molar-refractivity contribution < 1.29 is 32.7 Å². The molecule has 1 aromatic rings. The van der Waals surface area contributed by atoms with E-state index in [0.29, 0.717) is 12.1 Å². The third-order valence-electron chi connectivity index (χ3n) is 2.45. The van der Waals surface area contributed by atoms with Crippen LogP contribution in [-0.2, 0) is 11.0 Å². The molecule has 0 aliphatic heterocycles. The summed E-state index contributed by atoms with van der Waals surface area (Å²) in [6, 6.07) is 1.84. The number of hydrogen-bond donors (Lipinski definition) is 1. The molecule has 1 aromatic carbocycles. The molecule has 1 N–H and O–H groups in total. The Balaban J connectivity index is 3.00. The number of aliphatic carboxylic acids is 1. The van der Waals surface area contributed by atoms with Crippen molar-refractivity contribution in [3.63, 3.8) is 0 Å². The van der Waals surface area contributed by atoms with Crippen LogP contribution in [0.1, 0.15) is 12.5 Å². The van der Waals surface area contributed by atoms with E-state index in [-0.39, 0.29) is 17.9 Å². The fourth-order valence-corrected chi connectivity index (χ4v) is 1.30. The summed E-state index contributed by atoms with van der Waals surface area (Å²) in [7, 11) is 0. The third-order valence-corrected chi connectivity index (χ3v) is 2.45. The Labute approximate surface area is 116 Å². The number of carboxylic acid groups (broad SMARTS) is 1. The molecule has 0 aliphatic rings. The van der Waals surface area contributed by atoms with Crippen LogP contribution in [0.5, 0.6) is 5.75 Å². The molecule has 0 aromatic heterocycles. The van der Waals surface area contributed by atoms with Gasteiger partial charge in [-0.1, -0.05) is 0 Å². The molecule has 6 nitrogen and oxygen atoms in total. The van der Waals surface area contributed by atoms with Crippen LogP contribution in [0.2, 0.25) is 0 Å². The lowest BCUT2D eigenvalue weighted by Crippen LogP contribution is -2.07. The molecule has 114 valence electrons. The van der Waals surface area contributed by atoms with E-state index in [1.165, 1.54) is 6.92 Å². The van der Waals surface area contributed by atoms with Gasteiger partial charge in [0.05, 0.1) is 10.5 Å². The number of nitro groups is 1. The number of carbonyl (C=O) groups is 1. The molecule has 0 spiro atoms. The minimum atomic E-state index is -4.71. The first-order valence-corrected chi connectivity index (χ1v) is 5.51. The van der Waals surface area contributed by atoms with Crippen LogP contribution in [0, 0.1) is 10.1 Å². The van der Waals surface area contributed by atoms with Gasteiger partial charge in [-0.15, -0.1) is 0 Å². The van der Waals surface area contributed by atoms with Crippen molar-refractivity contribution in [1.29, 1.82) is 0 Å².